The molecule has 21 heavy (non-hydrogen) atoms. The lowest BCUT2D eigenvalue weighted by molar-refractivity contribution is 0.645. The summed E-state index contributed by atoms with van der Waals surface area (Å²) in [7, 11) is 2.02. The van der Waals surface area contributed by atoms with Crippen molar-refractivity contribution in [2.75, 3.05) is 18.5 Å². The van der Waals surface area contributed by atoms with Gasteiger partial charge in [0.2, 0.25) is 0 Å². The molecule has 3 rings (SSSR count). The summed E-state index contributed by atoms with van der Waals surface area (Å²) in [6, 6.07) is 18.1. The van der Waals surface area contributed by atoms with Gasteiger partial charge in [0.25, 0.3) is 0 Å². The zero-order valence-corrected chi connectivity index (χ0v) is 13.0. The Bertz CT molecular complexity index is 592. The van der Waals surface area contributed by atoms with Gasteiger partial charge < -0.3 is 10.2 Å². The summed E-state index contributed by atoms with van der Waals surface area (Å²) in [5.41, 5.74) is 5.68. The Labute approximate surface area is 127 Å². The third kappa shape index (κ3) is 3.11. The van der Waals surface area contributed by atoms with Crippen LogP contribution in [0.5, 0.6) is 0 Å². The number of anilines is 1. The standard InChI is InChI=1S/C19H24N2/c1-15(20-2)17-10-11-19-18(13-17)9-6-12-21(19)14-16-7-4-3-5-8-16/h3-5,7-8,10-11,13,15,20H,6,9,12,14H2,1-2H3. The van der Waals surface area contributed by atoms with Crippen LogP contribution in [0.25, 0.3) is 0 Å². The van der Waals surface area contributed by atoms with E-state index < -0.39 is 0 Å². The fourth-order valence-electron chi connectivity index (χ4n) is 3.10. The molecule has 1 aliphatic rings. The monoisotopic (exact) mass is 280 g/mol. The second-order valence-corrected chi connectivity index (χ2v) is 5.91. The molecule has 0 aromatic heterocycles. The van der Waals surface area contributed by atoms with Gasteiger partial charge >= 0.3 is 0 Å². The van der Waals surface area contributed by atoms with E-state index in [1.165, 1.54) is 35.2 Å². The first-order valence-electron chi connectivity index (χ1n) is 7.87. The van der Waals surface area contributed by atoms with E-state index >= 15 is 0 Å². The topological polar surface area (TPSA) is 15.3 Å². The van der Waals surface area contributed by atoms with Crippen LogP contribution in [-0.2, 0) is 13.0 Å². The molecule has 0 aliphatic carbocycles. The molecule has 0 spiro atoms. The number of fused-ring (bicyclic) bond motifs is 1. The molecule has 2 heteroatoms. The van der Waals surface area contributed by atoms with E-state index in [4.69, 9.17) is 0 Å². The highest BCUT2D eigenvalue weighted by Crippen LogP contribution is 2.30. The minimum Gasteiger partial charge on any atom is -0.367 e. The van der Waals surface area contributed by atoms with Crippen LogP contribution >= 0.6 is 0 Å². The fraction of sp³-hybridized carbons (Fsp3) is 0.368. The van der Waals surface area contributed by atoms with Gasteiger partial charge in [-0.1, -0.05) is 42.5 Å². The third-order valence-electron chi connectivity index (χ3n) is 4.47. The second-order valence-electron chi connectivity index (χ2n) is 5.91. The Morgan fingerprint density at radius 3 is 2.71 bits per heavy atom. The molecule has 1 N–H and O–H groups in total. The van der Waals surface area contributed by atoms with Crippen LogP contribution in [-0.4, -0.2) is 13.6 Å². The second kappa shape index (κ2) is 6.31. The van der Waals surface area contributed by atoms with Gasteiger partial charge in [-0.15, -0.1) is 0 Å². The predicted octanol–water partition coefficient (Wildman–Crippen LogP) is 3.92. The molecule has 1 heterocycles. The summed E-state index contributed by atoms with van der Waals surface area (Å²) in [5.74, 6) is 0. The summed E-state index contributed by atoms with van der Waals surface area (Å²) in [6.07, 6.45) is 2.45. The van der Waals surface area contributed by atoms with E-state index in [2.05, 4.69) is 65.7 Å². The minimum atomic E-state index is 0.416. The van der Waals surface area contributed by atoms with Gasteiger partial charge in [0.15, 0.2) is 0 Å². The Morgan fingerprint density at radius 1 is 1.14 bits per heavy atom. The van der Waals surface area contributed by atoms with Crippen LogP contribution in [0.3, 0.4) is 0 Å². The van der Waals surface area contributed by atoms with Crippen molar-refractivity contribution in [3.63, 3.8) is 0 Å². The molecular formula is C19H24N2. The molecule has 0 saturated carbocycles. The van der Waals surface area contributed by atoms with Gasteiger partial charge in [0.05, 0.1) is 0 Å². The van der Waals surface area contributed by atoms with Crippen molar-refractivity contribution >= 4 is 5.69 Å². The molecule has 1 unspecified atom stereocenters. The highest BCUT2D eigenvalue weighted by atomic mass is 15.1. The summed E-state index contributed by atoms with van der Waals surface area (Å²) in [4.78, 5) is 2.52. The average Bonchev–Trinajstić information content (AvgIpc) is 2.55. The van der Waals surface area contributed by atoms with E-state index in [0.717, 1.165) is 13.1 Å². The molecule has 1 aliphatic heterocycles. The van der Waals surface area contributed by atoms with Crippen molar-refractivity contribution in [1.29, 1.82) is 0 Å². The minimum absolute atomic E-state index is 0.416. The van der Waals surface area contributed by atoms with Gasteiger partial charge in [0, 0.05) is 24.8 Å². The summed E-state index contributed by atoms with van der Waals surface area (Å²) >= 11 is 0. The molecule has 0 radical (unpaired) electrons. The van der Waals surface area contributed by atoms with Gasteiger partial charge in [-0.25, -0.2) is 0 Å². The van der Waals surface area contributed by atoms with Crippen LogP contribution in [0.1, 0.15) is 36.1 Å². The van der Waals surface area contributed by atoms with Crippen molar-refractivity contribution in [3.05, 3.63) is 65.2 Å². The lowest BCUT2D eigenvalue weighted by atomic mass is 9.96. The number of nitrogens with one attached hydrogen (secondary N) is 1. The molecule has 2 aromatic carbocycles. The summed E-state index contributed by atoms with van der Waals surface area (Å²) < 4.78 is 0. The SMILES string of the molecule is CNC(C)c1ccc2c(c1)CCCN2Cc1ccccc1. The van der Waals surface area contributed by atoms with Crippen LogP contribution in [0, 0.1) is 0 Å². The van der Waals surface area contributed by atoms with Gasteiger partial charge in [-0.05, 0) is 49.6 Å². The van der Waals surface area contributed by atoms with E-state index in [-0.39, 0.29) is 0 Å². The normalized spacial score (nSPS) is 15.6. The molecule has 2 nitrogen and oxygen atoms in total. The molecule has 2 aromatic rings. The largest absolute Gasteiger partial charge is 0.367 e. The zero-order valence-electron chi connectivity index (χ0n) is 13.0. The number of benzene rings is 2. The summed E-state index contributed by atoms with van der Waals surface area (Å²) in [5, 5.41) is 3.33. The molecule has 110 valence electrons. The number of rotatable bonds is 4. The first-order chi connectivity index (χ1) is 10.3. The molecule has 0 fully saturated rings. The average molecular weight is 280 g/mol. The predicted molar refractivity (Wildman–Crippen MR) is 89.7 cm³/mol. The molecular weight excluding hydrogens is 256 g/mol. The zero-order chi connectivity index (χ0) is 14.7. The number of aryl methyl sites for hydroxylation is 1. The maximum Gasteiger partial charge on any atom is 0.0429 e. The highest BCUT2D eigenvalue weighted by Gasteiger charge is 2.18. The molecule has 0 amide bonds. The molecule has 0 saturated heterocycles. The lowest BCUT2D eigenvalue weighted by Crippen LogP contribution is -2.29. The number of nitrogens with zero attached hydrogens (tertiary/aromatic N) is 1. The van der Waals surface area contributed by atoms with E-state index in [1.54, 1.807) is 0 Å². The van der Waals surface area contributed by atoms with Gasteiger partial charge in [0.1, 0.15) is 0 Å². The Hall–Kier alpha value is -1.80. The van der Waals surface area contributed by atoms with Crippen molar-refractivity contribution < 1.29 is 0 Å². The Balaban J connectivity index is 1.85. The van der Waals surface area contributed by atoms with Crippen molar-refractivity contribution in [2.24, 2.45) is 0 Å². The Morgan fingerprint density at radius 2 is 1.95 bits per heavy atom. The van der Waals surface area contributed by atoms with E-state index in [0.29, 0.717) is 6.04 Å². The smallest absolute Gasteiger partial charge is 0.0429 e. The number of hydrogen-bond acceptors (Lipinski definition) is 2. The van der Waals surface area contributed by atoms with Crippen molar-refractivity contribution in [2.45, 2.75) is 32.4 Å². The Kier molecular flexibility index (Phi) is 4.26. The fourth-order valence-corrected chi connectivity index (χ4v) is 3.10. The van der Waals surface area contributed by atoms with E-state index in [9.17, 15) is 0 Å². The number of hydrogen-bond donors (Lipinski definition) is 1. The van der Waals surface area contributed by atoms with Crippen LogP contribution < -0.4 is 10.2 Å². The molecule has 0 bridgehead atoms. The van der Waals surface area contributed by atoms with E-state index in [1.807, 2.05) is 7.05 Å². The summed E-state index contributed by atoms with van der Waals surface area (Å²) in [6.45, 7) is 4.38. The molecule has 1 atom stereocenters. The van der Waals surface area contributed by atoms with Crippen LogP contribution in [0.2, 0.25) is 0 Å². The van der Waals surface area contributed by atoms with Crippen LogP contribution in [0.15, 0.2) is 48.5 Å². The first-order valence-corrected chi connectivity index (χ1v) is 7.87. The lowest BCUT2D eigenvalue weighted by Gasteiger charge is -2.32. The quantitative estimate of drug-likeness (QED) is 0.913. The van der Waals surface area contributed by atoms with Crippen LogP contribution in [0.4, 0.5) is 5.69 Å². The van der Waals surface area contributed by atoms with Gasteiger partial charge in [-0.2, -0.15) is 0 Å². The third-order valence-corrected chi connectivity index (χ3v) is 4.47. The van der Waals surface area contributed by atoms with Crippen molar-refractivity contribution in [3.8, 4) is 0 Å². The highest BCUT2D eigenvalue weighted by molar-refractivity contribution is 5.57. The maximum absolute atomic E-state index is 3.33. The van der Waals surface area contributed by atoms with Crippen molar-refractivity contribution in [1.82, 2.24) is 5.32 Å². The maximum atomic E-state index is 3.33. The van der Waals surface area contributed by atoms with Gasteiger partial charge in [-0.3, -0.25) is 0 Å². The first kappa shape index (κ1) is 14.2.